The third kappa shape index (κ3) is 2.63. The van der Waals surface area contributed by atoms with Gasteiger partial charge in [0.05, 0.1) is 0 Å². The first-order chi connectivity index (χ1) is 7.03. The van der Waals surface area contributed by atoms with Gasteiger partial charge >= 0.3 is 0 Å². The van der Waals surface area contributed by atoms with Crippen molar-refractivity contribution >= 4 is 0 Å². The predicted molar refractivity (Wildman–Crippen MR) is 69.8 cm³/mol. The minimum absolute atomic E-state index is 0.195. The molecule has 1 aromatic rings. The van der Waals surface area contributed by atoms with Gasteiger partial charge in [0.25, 0.3) is 0 Å². The zero-order valence-electron chi connectivity index (χ0n) is 12.1. The summed E-state index contributed by atoms with van der Waals surface area (Å²) in [5.74, 6) is 0. The first kappa shape index (κ1) is 13.2. The van der Waals surface area contributed by atoms with E-state index < -0.39 is 0 Å². The number of hydrogen-bond acceptors (Lipinski definition) is 0. The molecule has 1 nitrogen and oxygen atoms in total. The number of hydrogen-bond donors (Lipinski definition) is 0. The molecule has 0 aliphatic heterocycles. The van der Waals surface area contributed by atoms with E-state index in [1.807, 2.05) is 0 Å². The molecule has 1 aromatic heterocycles. The predicted octanol–water partition coefficient (Wildman–Crippen LogP) is 3.41. The maximum Gasteiger partial charge on any atom is 0.186 e. The van der Waals surface area contributed by atoms with Gasteiger partial charge < -0.3 is 0 Å². The number of pyridine rings is 1. The fourth-order valence-corrected chi connectivity index (χ4v) is 1.95. The van der Waals surface area contributed by atoms with Gasteiger partial charge in [0.2, 0.25) is 0 Å². The fourth-order valence-electron chi connectivity index (χ4n) is 1.95. The quantitative estimate of drug-likeness (QED) is 0.590. The van der Waals surface area contributed by atoms with E-state index in [-0.39, 0.29) is 10.8 Å². The van der Waals surface area contributed by atoms with E-state index in [4.69, 9.17) is 0 Å². The van der Waals surface area contributed by atoms with Gasteiger partial charge in [0.1, 0.15) is 7.05 Å². The van der Waals surface area contributed by atoms with Crippen molar-refractivity contribution in [2.75, 3.05) is 0 Å². The molecule has 0 spiro atoms. The fraction of sp³-hybridized carbons (Fsp3) is 0.667. The monoisotopic (exact) mass is 220 g/mol. The van der Waals surface area contributed by atoms with Crippen molar-refractivity contribution in [1.29, 1.82) is 0 Å². The lowest BCUT2D eigenvalue weighted by Gasteiger charge is -2.23. The Balaban J connectivity index is 3.46. The molecule has 0 aromatic carbocycles. The van der Waals surface area contributed by atoms with Crippen molar-refractivity contribution < 1.29 is 4.57 Å². The van der Waals surface area contributed by atoms with Crippen LogP contribution in [0.5, 0.6) is 0 Å². The summed E-state index contributed by atoms with van der Waals surface area (Å²) in [6, 6.07) is 4.65. The lowest BCUT2D eigenvalue weighted by molar-refractivity contribution is -0.688. The van der Waals surface area contributed by atoms with Crippen molar-refractivity contribution in [3.8, 4) is 0 Å². The molecule has 0 saturated heterocycles. The Labute approximate surface area is 101 Å². The third-order valence-corrected chi connectivity index (χ3v) is 3.18. The summed E-state index contributed by atoms with van der Waals surface area (Å²) in [6.07, 6.45) is 0. The van der Waals surface area contributed by atoms with Crippen LogP contribution in [0.15, 0.2) is 12.1 Å². The number of aryl methyl sites for hydroxylation is 1. The molecule has 90 valence electrons. The molecule has 0 saturated carbocycles. The molecular weight excluding hydrogens is 194 g/mol. The van der Waals surface area contributed by atoms with E-state index in [0.29, 0.717) is 0 Å². The van der Waals surface area contributed by atoms with Crippen molar-refractivity contribution in [3.63, 3.8) is 0 Å². The van der Waals surface area contributed by atoms with Crippen molar-refractivity contribution in [2.24, 2.45) is 7.05 Å². The third-order valence-electron chi connectivity index (χ3n) is 3.18. The van der Waals surface area contributed by atoms with Crippen LogP contribution in [-0.2, 0) is 17.9 Å². The van der Waals surface area contributed by atoms with Crippen LogP contribution in [0.25, 0.3) is 0 Å². The van der Waals surface area contributed by atoms with Crippen LogP contribution in [0.1, 0.15) is 58.5 Å². The minimum Gasteiger partial charge on any atom is -0.202 e. The molecule has 0 unspecified atom stereocenters. The lowest BCUT2D eigenvalue weighted by atomic mass is 9.83. The Bertz CT molecular complexity index is 389. The van der Waals surface area contributed by atoms with Gasteiger partial charge in [-0.05, 0) is 11.0 Å². The van der Waals surface area contributed by atoms with Gasteiger partial charge in [0.15, 0.2) is 11.4 Å². The van der Waals surface area contributed by atoms with Crippen molar-refractivity contribution in [3.05, 3.63) is 29.1 Å². The maximum atomic E-state index is 2.35. The molecule has 0 amide bonds. The van der Waals surface area contributed by atoms with Gasteiger partial charge in [-0.15, -0.1) is 0 Å². The Hall–Kier alpha value is -0.850. The van der Waals surface area contributed by atoms with Crippen LogP contribution in [0.3, 0.4) is 0 Å². The van der Waals surface area contributed by atoms with Gasteiger partial charge in [-0.25, -0.2) is 4.57 Å². The molecule has 0 radical (unpaired) electrons. The Morgan fingerprint density at radius 3 is 1.75 bits per heavy atom. The summed E-state index contributed by atoms with van der Waals surface area (Å²) in [7, 11) is 2.16. The summed E-state index contributed by atoms with van der Waals surface area (Å²) >= 11 is 0. The summed E-state index contributed by atoms with van der Waals surface area (Å²) in [4.78, 5) is 0. The van der Waals surface area contributed by atoms with E-state index in [0.717, 1.165) is 0 Å². The molecule has 16 heavy (non-hydrogen) atoms. The van der Waals surface area contributed by atoms with Crippen LogP contribution >= 0.6 is 0 Å². The molecule has 0 N–H and O–H groups in total. The molecule has 0 atom stereocenters. The number of rotatable bonds is 0. The zero-order chi connectivity index (χ0) is 12.7. The average Bonchev–Trinajstić information content (AvgIpc) is 2.05. The van der Waals surface area contributed by atoms with Crippen LogP contribution in [0.2, 0.25) is 0 Å². The van der Waals surface area contributed by atoms with Gasteiger partial charge in [-0.1, -0.05) is 41.5 Å². The average molecular weight is 220 g/mol. The highest BCUT2D eigenvalue weighted by Crippen LogP contribution is 2.27. The van der Waals surface area contributed by atoms with Gasteiger partial charge in [0, 0.05) is 24.5 Å². The Morgan fingerprint density at radius 2 is 1.38 bits per heavy atom. The van der Waals surface area contributed by atoms with Crippen LogP contribution < -0.4 is 4.57 Å². The number of aromatic nitrogens is 1. The van der Waals surface area contributed by atoms with E-state index in [1.165, 1.54) is 17.0 Å². The lowest BCUT2D eigenvalue weighted by Crippen LogP contribution is -2.43. The highest BCUT2D eigenvalue weighted by Gasteiger charge is 2.28. The van der Waals surface area contributed by atoms with Gasteiger partial charge in [-0.2, -0.15) is 0 Å². The second-order valence-corrected chi connectivity index (χ2v) is 6.83. The molecule has 0 fully saturated rings. The smallest absolute Gasteiger partial charge is 0.186 e. The molecule has 0 aliphatic carbocycles. The summed E-state index contributed by atoms with van der Waals surface area (Å²) in [5.41, 5.74) is 4.57. The highest BCUT2D eigenvalue weighted by molar-refractivity contribution is 5.26. The Morgan fingerprint density at radius 1 is 0.875 bits per heavy atom. The second kappa shape index (κ2) is 3.87. The topological polar surface area (TPSA) is 3.88 Å². The molecule has 0 aliphatic rings. The van der Waals surface area contributed by atoms with E-state index >= 15 is 0 Å². The van der Waals surface area contributed by atoms with E-state index in [2.05, 4.69) is 72.2 Å². The summed E-state index contributed by atoms with van der Waals surface area (Å²) in [5, 5.41) is 0. The molecule has 1 rings (SSSR count). The molecule has 1 heterocycles. The minimum atomic E-state index is 0.195. The highest BCUT2D eigenvalue weighted by atomic mass is 15.0. The Kier molecular flexibility index (Phi) is 3.20. The van der Waals surface area contributed by atoms with Crippen LogP contribution in [-0.4, -0.2) is 0 Å². The van der Waals surface area contributed by atoms with Crippen LogP contribution in [0, 0.1) is 6.92 Å². The maximum absolute atomic E-state index is 2.35. The summed E-state index contributed by atoms with van der Waals surface area (Å²) in [6.45, 7) is 15.8. The van der Waals surface area contributed by atoms with E-state index in [1.54, 1.807) is 0 Å². The molecular formula is C15H26N+. The van der Waals surface area contributed by atoms with Crippen molar-refractivity contribution in [1.82, 2.24) is 0 Å². The standard InChI is InChI=1S/C15H26N/c1-11-9-12(14(2,3)4)10-13(16(11)8)15(5,6)7/h9-10H,1-8H3/q+1. The summed E-state index contributed by atoms with van der Waals surface area (Å²) < 4.78 is 2.30. The second-order valence-electron chi connectivity index (χ2n) is 6.83. The molecule has 1 heteroatoms. The first-order valence-corrected chi connectivity index (χ1v) is 6.05. The van der Waals surface area contributed by atoms with Gasteiger partial charge in [-0.3, -0.25) is 0 Å². The molecule has 0 bridgehead atoms. The number of nitrogens with zero attached hydrogens (tertiary/aromatic N) is 1. The first-order valence-electron chi connectivity index (χ1n) is 6.05. The van der Waals surface area contributed by atoms with Crippen molar-refractivity contribution in [2.45, 2.75) is 59.3 Å². The SMILES string of the molecule is Cc1cc(C(C)(C)C)cc(C(C)(C)C)[n+]1C. The normalized spacial score (nSPS) is 13.0. The van der Waals surface area contributed by atoms with E-state index in [9.17, 15) is 0 Å². The zero-order valence-corrected chi connectivity index (χ0v) is 12.1. The van der Waals surface area contributed by atoms with Crippen LogP contribution in [0.4, 0.5) is 0 Å². The largest absolute Gasteiger partial charge is 0.202 e.